The summed E-state index contributed by atoms with van der Waals surface area (Å²) in [4.78, 5) is 14.8. The van der Waals surface area contributed by atoms with E-state index < -0.39 is 11.1 Å². The van der Waals surface area contributed by atoms with Gasteiger partial charge in [0.15, 0.2) is 11.1 Å². The molecule has 0 bridgehead atoms. The van der Waals surface area contributed by atoms with E-state index >= 15 is 0 Å². The van der Waals surface area contributed by atoms with E-state index in [4.69, 9.17) is 20.9 Å². The zero-order chi connectivity index (χ0) is 16.2. The number of halogens is 1. The fourth-order valence-corrected chi connectivity index (χ4v) is 2.61. The Bertz CT molecular complexity index is 709. The lowest BCUT2D eigenvalue weighted by Gasteiger charge is -2.26. The molecule has 1 aliphatic heterocycles. The van der Waals surface area contributed by atoms with Crippen molar-refractivity contribution >= 4 is 40.3 Å². The lowest BCUT2D eigenvalue weighted by Crippen LogP contribution is -2.37. The summed E-state index contributed by atoms with van der Waals surface area (Å²) in [7, 11) is 0. The molecule has 2 aromatic rings. The van der Waals surface area contributed by atoms with Crippen molar-refractivity contribution in [1.82, 2.24) is 15.0 Å². The number of ether oxygens (including phenoxy) is 1. The van der Waals surface area contributed by atoms with Crippen molar-refractivity contribution in [2.45, 2.75) is 4.90 Å². The van der Waals surface area contributed by atoms with Crippen LogP contribution < -0.4 is 10.2 Å². The summed E-state index contributed by atoms with van der Waals surface area (Å²) < 4.78 is 25.3. The van der Waals surface area contributed by atoms with Gasteiger partial charge in [0.2, 0.25) is 17.2 Å². The van der Waals surface area contributed by atoms with E-state index in [1.807, 2.05) is 4.90 Å². The second kappa shape index (κ2) is 7.18. The fraction of sp³-hybridized carbons (Fsp3) is 0.308. The Morgan fingerprint density at radius 2 is 1.87 bits per heavy atom. The zero-order valence-corrected chi connectivity index (χ0v) is 13.5. The summed E-state index contributed by atoms with van der Waals surface area (Å²) in [6.45, 7) is 2.62. The molecule has 1 unspecified atom stereocenters. The first-order valence-corrected chi connectivity index (χ1v) is 8.32. The standard InChI is InChI=1S/C13H14ClN5O3S/c14-11-16-12(15-9-1-3-10(4-2-9)23(20)21)18-13(17-11)19-5-7-22-8-6-19/h1-4H,5-8H2,(H,20,21)(H,15,16,17,18). The maximum atomic E-state index is 11.0. The van der Waals surface area contributed by atoms with Crippen molar-refractivity contribution in [3.63, 3.8) is 0 Å². The summed E-state index contributed by atoms with van der Waals surface area (Å²) in [5, 5.41) is 3.10. The van der Waals surface area contributed by atoms with Crippen LogP contribution in [0, 0.1) is 0 Å². The molecule has 8 nitrogen and oxygen atoms in total. The minimum Gasteiger partial charge on any atom is -0.378 e. The first kappa shape index (κ1) is 16.1. The van der Waals surface area contributed by atoms with Gasteiger partial charge in [-0.25, -0.2) is 4.21 Å². The van der Waals surface area contributed by atoms with Crippen LogP contribution >= 0.6 is 11.6 Å². The minimum absolute atomic E-state index is 0.0945. The Morgan fingerprint density at radius 1 is 1.17 bits per heavy atom. The van der Waals surface area contributed by atoms with Gasteiger partial charge in [-0.2, -0.15) is 15.0 Å². The molecule has 0 radical (unpaired) electrons. The lowest BCUT2D eigenvalue weighted by atomic mass is 10.3. The molecule has 1 saturated heterocycles. The van der Waals surface area contributed by atoms with Crippen molar-refractivity contribution in [3.05, 3.63) is 29.5 Å². The number of morpholine rings is 1. The highest BCUT2D eigenvalue weighted by atomic mass is 35.5. The molecule has 3 rings (SSSR count). The average Bonchev–Trinajstić information content (AvgIpc) is 2.55. The molecular formula is C13H14ClN5O3S. The molecule has 122 valence electrons. The van der Waals surface area contributed by atoms with Gasteiger partial charge in [-0.15, -0.1) is 0 Å². The number of anilines is 3. The number of aromatic nitrogens is 3. The Balaban J connectivity index is 1.79. The van der Waals surface area contributed by atoms with Crippen LogP contribution in [0.3, 0.4) is 0 Å². The third-order valence-electron chi connectivity index (χ3n) is 3.20. The molecule has 1 aromatic heterocycles. The van der Waals surface area contributed by atoms with E-state index in [1.54, 1.807) is 24.3 Å². The van der Waals surface area contributed by atoms with Gasteiger partial charge in [-0.1, -0.05) is 0 Å². The van der Waals surface area contributed by atoms with E-state index in [0.29, 0.717) is 48.8 Å². The average molecular weight is 356 g/mol. The molecule has 1 aliphatic rings. The van der Waals surface area contributed by atoms with Crippen LogP contribution in [0.1, 0.15) is 0 Å². The first-order chi connectivity index (χ1) is 11.1. The summed E-state index contributed by atoms with van der Waals surface area (Å²) >= 11 is 3.97. The Morgan fingerprint density at radius 3 is 2.52 bits per heavy atom. The van der Waals surface area contributed by atoms with Crippen molar-refractivity contribution in [2.24, 2.45) is 0 Å². The van der Waals surface area contributed by atoms with E-state index in [9.17, 15) is 4.21 Å². The maximum Gasteiger partial charge on any atom is 0.233 e. The summed E-state index contributed by atoms with van der Waals surface area (Å²) in [5.41, 5.74) is 0.675. The molecule has 23 heavy (non-hydrogen) atoms. The molecule has 1 fully saturated rings. The second-order valence-electron chi connectivity index (χ2n) is 4.73. The van der Waals surface area contributed by atoms with Crippen molar-refractivity contribution in [2.75, 3.05) is 36.5 Å². The highest BCUT2D eigenvalue weighted by Gasteiger charge is 2.16. The number of nitrogens with zero attached hydrogens (tertiary/aromatic N) is 4. The van der Waals surface area contributed by atoms with E-state index in [-0.39, 0.29) is 5.28 Å². The van der Waals surface area contributed by atoms with Crippen LogP contribution in [0.2, 0.25) is 5.28 Å². The van der Waals surface area contributed by atoms with Gasteiger partial charge in [0.05, 0.1) is 18.1 Å². The molecule has 2 heterocycles. The monoisotopic (exact) mass is 355 g/mol. The van der Waals surface area contributed by atoms with E-state index in [1.165, 1.54) is 0 Å². The molecule has 0 saturated carbocycles. The highest BCUT2D eigenvalue weighted by Crippen LogP contribution is 2.19. The van der Waals surface area contributed by atoms with Crippen molar-refractivity contribution < 1.29 is 13.5 Å². The van der Waals surface area contributed by atoms with Crippen LogP contribution in [0.4, 0.5) is 17.6 Å². The number of nitrogens with one attached hydrogen (secondary N) is 1. The maximum absolute atomic E-state index is 11.0. The van der Waals surface area contributed by atoms with E-state index in [0.717, 1.165) is 0 Å². The van der Waals surface area contributed by atoms with Crippen LogP contribution in [0.15, 0.2) is 29.2 Å². The number of rotatable bonds is 4. The molecule has 0 spiro atoms. The van der Waals surface area contributed by atoms with Crippen molar-refractivity contribution in [3.8, 4) is 0 Å². The van der Waals surface area contributed by atoms with Gasteiger partial charge >= 0.3 is 0 Å². The normalized spacial score (nSPS) is 16.2. The van der Waals surface area contributed by atoms with Crippen molar-refractivity contribution in [1.29, 1.82) is 0 Å². The van der Waals surface area contributed by atoms with Gasteiger partial charge in [0.25, 0.3) is 0 Å². The fourth-order valence-electron chi connectivity index (χ4n) is 2.08. The Hall–Kier alpha value is -1.81. The predicted molar refractivity (Wildman–Crippen MR) is 86.6 cm³/mol. The highest BCUT2D eigenvalue weighted by molar-refractivity contribution is 7.79. The molecule has 1 aromatic carbocycles. The van der Waals surface area contributed by atoms with Crippen LogP contribution in [-0.2, 0) is 15.8 Å². The van der Waals surface area contributed by atoms with E-state index in [2.05, 4.69) is 20.3 Å². The molecule has 1 atom stereocenters. The number of benzene rings is 1. The number of hydrogen-bond acceptors (Lipinski definition) is 7. The van der Waals surface area contributed by atoms with Gasteiger partial charge in [-0.3, -0.25) is 0 Å². The Labute approximate surface area is 140 Å². The number of hydrogen-bond donors (Lipinski definition) is 2. The van der Waals surface area contributed by atoms with Crippen LogP contribution in [0.5, 0.6) is 0 Å². The molecule has 0 amide bonds. The molecule has 10 heteroatoms. The largest absolute Gasteiger partial charge is 0.378 e. The predicted octanol–water partition coefficient (Wildman–Crippen LogP) is 1.69. The first-order valence-electron chi connectivity index (χ1n) is 6.84. The SMILES string of the molecule is O=S(O)c1ccc(Nc2nc(Cl)nc(N3CCOCC3)n2)cc1. The van der Waals surface area contributed by atoms with Gasteiger partial charge in [0, 0.05) is 18.8 Å². The van der Waals surface area contributed by atoms with Crippen LogP contribution in [0.25, 0.3) is 0 Å². The van der Waals surface area contributed by atoms with Gasteiger partial charge in [-0.05, 0) is 35.9 Å². The third kappa shape index (κ3) is 4.14. The smallest absolute Gasteiger partial charge is 0.233 e. The minimum atomic E-state index is -2.00. The molecular weight excluding hydrogens is 342 g/mol. The Kier molecular flexibility index (Phi) is 5.01. The second-order valence-corrected chi connectivity index (χ2v) is 6.03. The topological polar surface area (TPSA) is 100 Å². The summed E-state index contributed by atoms with van der Waals surface area (Å²) in [5.74, 6) is 0.799. The molecule has 2 N–H and O–H groups in total. The summed E-state index contributed by atoms with van der Waals surface area (Å²) in [6, 6.07) is 6.42. The zero-order valence-electron chi connectivity index (χ0n) is 12.0. The third-order valence-corrected chi connectivity index (χ3v) is 4.05. The summed E-state index contributed by atoms with van der Waals surface area (Å²) in [6.07, 6.45) is 0. The lowest BCUT2D eigenvalue weighted by molar-refractivity contribution is 0.122. The van der Waals surface area contributed by atoms with Gasteiger partial charge in [0.1, 0.15) is 0 Å². The van der Waals surface area contributed by atoms with Gasteiger partial charge < -0.3 is 19.5 Å². The molecule has 0 aliphatic carbocycles. The van der Waals surface area contributed by atoms with Crippen LogP contribution in [-0.4, -0.2) is 50.0 Å². The quantitative estimate of drug-likeness (QED) is 0.799.